The average molecular weight is 342 g/mol. The maximum absolute atomic E-state index is 11.7. The van der Waals surface area contributed by atoms with Crippen molar-refractivity contribution in [3.8, 4) is 5.75 Å². The molecule has 1 atom stereocenters. The number of para-hydroxylation sites is 1. The van der Waals surface area contributed by atoms with Crippen LogP contribution in [0.3, 0.4) is 0 Å². The lowest BCUT2D eigenvalue weighted by molar-refractivity contribution is 0.101. The van der Waals surface area contributed by atoms with Gasteiger partial charge >= 0.3 is 0 Å². The summed E-state index contributed by atoms with van der Waals surface area (Å²) in [6, 6.07) is 5.37. The zero-order valence-corrected chi connectivity index (χ0v) is 14.7. The molecule has 0 fully saturated rings. The first kappa shape index (κ1) is 19.4. The first-order valence-electron chi connectivity index (χ1n) is 7.32. The molecule has 2 aromatic rings. The molecule has 1 unspecified atom stereocenters. The van der Waals surface area contributed by atoms with Crippen molar-refractivity contribution in [2.45, 2.75) is 39.3 Å². The second-order valence-electron chi connectivity index (χ2n) is 6.40. The summed E-state index contributed by atoms with van der Waals surface area (Å²) >= 11 is 0. The molecule has 3 N–H and O–H groups in total. The Bertz CT molecular complexity index is 710. The van der Waals surface area contributed by atoms with Crippen molar-refractivity contribution < 1.29 is 9.84 Å². The van der Waals surface area contributed by atoms with Crippen molar-refractivity contribution in [2.24, 2.45) is 0 Å². The monoisotopic (exact) mass is 341 g/mol. The van der Waals surface area contributed by atoms with Gasteiger partial charge in [0.1, 0.15) is 29.7 Å². The number of nitrogens with one attached hydrogen (secondary N) is 2. The number of aliphatic hydroxyl groups is 1. The third-order valence-electron chi connectivity index (χ3n) is 3.16. The summed E-state index contributed by atoms with van der Waals surface area (Å²) in [6.07, 6.45) is -0.639. The Morgan fingerprint density at radius 1 is 1.39 bits per heavy atom. The summed E-state index contributed by atoms with van der Waals surface area (Å²) in [5.41, 5.74) is 1.33. The van der Waals surface area contributed by atoms with Crippen molar-refractivity contribution in [3.05, 3.63) is 34.2 Å². The zero-order valence-electron chi connectivity index (χ0n) is 13.8. The van der Waals surface area contributed by atoms with Gasteiger partial charge in [-0.25, -0.2) is 4.98 Å². The maximum Gasteiger partial charge on any atom is 0.269 e. The largest absolute Gasteiger partial charge is 0.489 e. The molecule has 0 amide bonds. The minimum absolute atomic E-state index is 0. The van der Waals surface area contributed by atoms with E-state index in [1.165, 1.54) is 0 Å². The highest BCUT2D eigenvalue weighted by Gasteiger charge is 2.13. The fraction of sp³-hybridized carbons (Fsp3) is 0.500. The number of aromatic nitrogens is 2. The van der Waals surface area contributed by atoms with Gasteiger partial charge in [0.05, 0.1) is 5.52 Å². The summed E-state index contributed by atoms with van der Waals surface area (Å²) in [5, 5.41) is 13.2. The summed E-state index contributed by atoms with van der Waals surface area (Å²) in [6.45, 7) is 8.33. The van der Waals surface area contributed by atoms with Crippen LogP contribution < -0.4 is 15.6 Å². The lowest BCUT2D eigenvalue weighted by atomic mass is 10.1. The molecule has 0 aliphatic heterocycles. The van der Waals surface area contributed by atoms with Crippen molar-refractivity contribution in [3.63, 3.8) is 0 Å². The molecule has 0 saturated heterocycles. The average Bonchev–Trinajstić information content (AvgIpc) is 2.43. The Morgan fingerprint density at radius 2 is 2.09 bits per heavy atom. The maximum atomic E-state index is 11.7. The number of aromatic amines is 1. The molecule has 0 aliphatic rings. The molecule has 1 heterocycles. The molecular formula is C16H24ClN3O3. The van der Waals surface area contributed by atoms with Gasteiger partial charge in [-0.3, -0.25) is 4.79 Å². The fourth-order valence-electron chi connectivity index (χ4n) is 1.96. The van der Waals surface area contributed by atoms with E-state index in [1.807, 2.05) is 32.9 Å². The van der Waals surface area contributed by atoms with Crippen molar-refractivity contribution >= 4 is 23.4 Å². The number of aryl methyl sites for hydroxylation is 1. The molecule has 0 saturated carbocycles. The van der Waals surface area contributed by atoms with Gasteiger partial charge in [-0.05, 0) is 39.8 Å². The molecule has 6 nitrogen and oxygen atoms in total. The highest BCUT2D eigenvalue weighted by atomic mass is 35.5. The topological polar surface area (TPSA) is 87.2 Å². The van der Waals surface area contributed by atoms with E-state index < -0.39 is 6.10 Å². The predicted octanol–water partition coefficient (Wildman–Crippen LogP) is 1.78. The van der Waals surface area contributed by atoms with Crippen LogP contribution in [0.1, 0.15) is 26.5 Å². The number of ether oxygens (including phenoxy) is 1. The Hall–Kier alpha value is -1.63. The lowest BCUT2D eigenvalue weighted by Crippen LogP contribution is -2.42. The van der Waals surface area contributed by atoms with Crippen LogP contribution in [0.25, 0.3) is 11.0 Å². The summed E-state index contributed by atoms with van der Waals surface area (Å²) < 4.78 is 5.64. The number of nitrogens with zero attached hydrogens (tertiary/aromatic N) is 1. The van der Waals surface area contributed by atoms with Gasteiger partial charge in [-0.15, -0.1) is 12.4 Å². The number of hydrogen-bond acceptors (Lipinski definition) is 5. The quantitative estimate of drug-likeness (QED) is 0.771. The van der Waals surface area contributed by atoms with E-state index >= 15 is 0 Å². The van der Waals surface area contributed by atoms with E-state index in [0.717, 1.165) is 0 Å². The second-order valence-corrected chi connectivity index (χ2v) is 6.40. The van der Waals surface area contributed by atoms with E-state index in [4.69, 9.17) is 4.74 Å². The van der Waals surface area contributed by atoms with Gasteiger partial charge in [-0.1, -0.05) is 6.07 Å². The molecule has 0 bridgehead atoms. The summed E-state index contributed by atoms with van der Waals surface area (Å²) in [5.74, 6) is 0.511. The number of hydrogen-bond donors (Lipinski definition) is 3. The fourth-order valence-corrected chi connectivity index (χ4v) is 1.96. The van der Waals surface area contributed by atoms with Crippen molar-refractivity contribution in [1.82, 2.24) is 15.3 Å². The Balaban J connectivity index is 0.00000264. The van der Waals surface area contributed by atoms with E-state index in [1.54, 1.807) is 13.0 Å². The highest BCUT2D eigenvalue weighted by molar-refractivity contribution is 5.85. The van der Waals surface area contributed by atoms with E-state index in [2.05, 4.69) is 15.3 Å². The first-order chi connectivity index (χ1) is 10.3. The Morgan fingerprint density at radius 3 is 2.74 bits per heavy atom. The molecule has 128 valence electrons. The minimum atomic E-state index is -0.639. The normalized spacial score (nSPS) is 12.7. The van der Waals surface area contributed by atoms with Crippen LogP contribution in [-0.2, 0) is 0 Å². The van der Waals surface area contributed by atoms with Crippen LogP contribution in [0.4, 0.5) is 0 Å². The molecule has 7 heteroatoms. The van der Waals surface area contributed by atoms with Gasteiger partial charge in [0.25, 0.3) is 5.56 Å². The standard InChI is InChI=1S/C16H23N3O3.ClH/c1-10-15(21)19-14-12(18-10)6-5-7-13(14)22-9-11(20)8-17-16(2,3)4;/h5-7,11,17,20H,8-9H2,1-4H3,(H,19,21);1H. The number of aliphatic hydroxyl groups excluding tert-OH is 1. The van der Waals surface area contributed by atoms with E-state index in [-0.39, 0.29) is 30.1 Å². The van der Waals surface area contributed by atoms with Gasteiger partial charge in [-0.2, -0.15) is 0 Å². The van der Waals surface area contributed by atoms with Gasteiger partial charge in [0.15, 0.2) is 0 Å². The number of halogens is 1. The second kappa shape index (κ2) is 7.77. The van der Waals surface area contributed by atoms with Crippen molar-refractivity contribution in [1.29, 1.82) is 0 Å². The number of fused-ring (bicyclic) bond motifs is 1. The summed E-state index contributed by atoms with van der Waals surface area (Å²) in [7, 11) is 0. The molecule has 23 heavy (non-hydrogen) atoms. The Labute approximate surface area is 141 Å². The molecule has 1 aromatic carbocycles. The van der Waals surface area contributed by atoms with Gasteiger partial charge < -0.3 is 20.1 Å². The first-order valence-corrected chi connectivity index (χ1v) is 7.32. The number of rotatable bonds is 5. The highest BCUT2D eigenvalue weighted by Crippen LogP contribution is 2.21. The number of H-pyrrole nitrogens is 1. The molecule has 1 aromatic heterocycles. The van der Waals surface area contributed by atoms with Crippen LogP contribution >= 0.6 is 12.4 Å². The molecule has 0 aliphatic carbocycles. The van der Waals surface area contributed by atoms with Gasteiger partial charge in [0.2, 0.25) is 0 Å². The predicted molar refractivity (Wildman–Crippen MR) is 93.6 cm³/mol. The molecular weight excluding hydrogens is 318 g/mol. The lowest BCUT2D eigenvalue weighted by Gasteiger charge is -2.23. The number of benzene rings is 1. The third-order valence-corrected chi connectivity index (χ3v) is 3.16. The molecule has 0 radical (unpaired) electrons. The van der Waals surface area contributed by atoms with Crippen LogP contribution in [0.2, 0.25) is 0 Å². The zero-order chi connectivity index (χ0) is 16.3. The van der Waals surface area contributed by atoms with Crippen LogP contribution in [0, 0.1) is 6.92 Å². The molecule has 2 rings (SSSR count). The summed E-state index contributed by atoms with van der Waals surface area (Å²) in [4.78, 5) is 18.7. The van der Waals surface area contributed by atoms with Crippen molar-refractivity contribution in [2.75, 3.05) is 13.2 Å². The van der Waals surface area contributed by atoms with Crippen LogP contribution in [-0.4, -0.2) is 39.9 Å². The van der Waals surface area contributed by atoms with Crippen LogP contribution in [0.15, 0.2) is 23.0 Å². The van der Waals surface area contributed by atoms with Gasteiger partial charge in [0, 0.05) is 12.1 Å². The van der Waals surface area contributed by atoms with E-state index in [0.29, 0.717) is 29.0 Å². The minimum Gasteiger partial charge on any atom is -0.489 e. The SMILES string of the molecule is Cc1nc2cccc(OCC(O)CNC(C)(C)C)c2[nH]c1=O.Cl. The molecule has 0 spiro atoms. The number of β-amino-alcohol motifs (C(OH)–C–C–N with tert-alkyl or cyclic N) is 1. The Kier molecular flexibility index (Phi) is 6.56. The van der Waals surface area contributed by atoms with Crippen LogP contribution in [0.5, 0.6) is 5.75 Å². The smallest absolute Gasteiger partial charge is 0.269 e. The third kappa shape index (κ3) is 5.49. The van der Waals surface area contributed by atoms with E-state index in [9.17, 15) is 9.90 Å².